The number of nitrogens with one attached hydrogen (secondary N) is 1. The highest BCUT2D eigenvalue weighted by molar-refractivity contribution is 9.10. The molecular formula is C13H15BrN4O. The fourth-order valence-electron chi connectivity index (χ4n) is 1.63. The number of methoxy groups -OCH3 is 1. The molecule has 0 amide bonds. The van der Waals surface area contributed by atoms with Crippen molar-refractivity contribution in [3.05, 3.63) is 34.1 Å². The van der Waals surface area contributed by atoms with E-state index in [0.717, 1.165) is 21.5 Å². The fourth-order valence-corrected chi connectivity index (χ4v) is 1.97. The Kier molecular flexibility index (Phi) is 3.90. The molecule has 5 nitrogen and oxygen atoms in total. The number of nitrogen functional groups attached to an aromatic ring is 1. The van der Waals surface area contributed by atoms with Gasteiger partial charge in [-0.2, -0.15) is 0 Å². The summed E-state index contributed by atoms with van der Waals surface area (Å²) in [6.45, 7) is 3.69. The van der Waals surface area contributed by atoms with E-state index in [1.165, 1.54) is 0 Å². The predicted octanol–water partition coefficient (Wildman–Crippen LogP) is 3.19. The number of anilines is 3. The van der Waals surface area contributed by atoms with Crippen molar-refractivity contribution < 1.29 is 4.74 Å². The number of hydrogen-bond acceptors (Lipinski definition) is 5. The molecule has 0 fully saturated rings. The Morgan fingerprint density at radius 1 is 1.26 bits per heavy atom. The number of benzene rings is 1. The highest BCUT2D eigenvalue weighted by atomic mass is 79.9. The van der Waals surface area contributed by atoms with Crippen LogP contribution in [0.5, 0.6) is 5.75 Å². The minimum atomic E-state index is 0.481. The number of ether oxygens (including phenoxy) is 1. The van der Waals surface area contributed by atoms with Crippen LogP contribution in [-0.2, 0) is 0 Å². The third-order valence-electron chi connectivity index (χ3n) is 2.72. The third kappa shape index (κ3) is 2.96. The standard InChI is InChI=1S/C13H15BrN4O/c1-7-12(15)16-8(2)17-13(7)18-11-6-9(19-3)4-5-10(11)14/h4-6H,1-3H3,(H3,15,16,17,18). The Labute approximate surface area is 120 Å². The molecule has 0 spiro atoms. The van der Waals surface area contributed by atoms with Gasteiger partial charge in [-0.1, -0.05) is 0 Å². The molecule has 0 saturated heterocycles. The number of aromatic nitrogens is 2. The van der Waals surface area contributed by atoms with Gasteiger partial charge in [-0.3, -0.25) is 0 Å². The quantitative estimate of drug-likeness (QED) is 0.907. The van der Waals surface area contributed by atoms with Gasteiger partial charge >= 0.3 is 0 Å². The van der Waals surface area contributed by atoms with E-state index in [1.54, 1.807) is 7.11 Å². The Morgan fingerprint density at radius 3 is 2.68 bits per heavy atom. The van der Waals surface area contributed by atoms with Gasteiger partial charge in [0.15, 0.2) is 0 Å². The van der Waals surface area contributed by atoms with Gasteiger partial charge in [0.2, 0.25) is 0 Å². The molecule has 0 aliphatic carbocycles. The van der Waals surface area contributed by atoms with Crippen LogP contribution >= 0.6 is 15.9 Å². The molecule has 0 aliphatic heterocycles. The van der Waals surface area contributed by atoms with Gasteiger partial charge < -0.3 is 15.8 Å². The summed E-state index contributed by atoms with van der Waals surface area (Å²) in [5.41, 5.74) is 7.52. The summed E-state index contributed by atoms with van der Waals surface area (Å²) in [6, 6.07) is 5.67. The van der Waals surface area contributed by atoms with Gasteiger partial charge in [-0.15, -0.1) is 0 Å². The van der Waals surface area contributed by atoms with E-state index in [0.29, 0.717) is 17.5 Å². The second-order valence-corrected chi connectivity index (χ2v) is 4.95. The van der Waals surface area contributed by atoms with Crippen molar-refractivity contribution in [3.63, 3.8) is 0 Å². The van der Waals surface area contributed by atoms with Crippen molar-refractivity contribution in [1.82, 2.24) is 9.97 Å². The third-order valence-corrected chi connectivity index (χ3v) is 3.41. The Morgan fingerprint density at radius 2 is 2.00 bits per heavy atom. The molecule has 1 aromatic heterocycles. The lowest BCUT2D eigenvalue weighted by Gasteiger charge is -2.13. The van der Waals surface area contributed by atoms with E-state index in [-0.39, 0.29) is 0 Å². The lowest BCUT2D eigenvalue weighted by atomic mass is 10.2. The molecule has 1 aromatic carbocycles. The first-order chi connectivity index (χ1) is 9.01. The normalized spacial score (nSPS) is 10.3. The number of aryl methyl sites for hydroxylation is 1. The van der Waals surface area contributed by atoms with Crippen LogP contribution < -0.4 is 15.8 Å². The van der Waals surface area contributed by atoms with Crippen molar-refractivity contribution in [2.45, 2.75) is 13.8 Å². The van der Waals surface area contributed by atoms with Crippen LogP contribution in [0.25, 0.3) is 0 Å². The van der Waals surface area contributed by atoms with Crippen molar-refractivity contribution in [2.75, 3.05) is 18.2 Å². The van der Waals surface area contributed by atoms with Gasteiger partial charge in [0.05, 0.1) is 12.8 Å². The largest absolute Gasteiger partial charge is 0.497 e. The summed E-state index contributed by atoms with van der Waals surface area (Å²) in [5.74, 6) is 2.57. The molecule has 2 rings (SSSR count). The number of rotatable bonds is 3. The molecule has 0 atom stereocenters. The molecule has 19 heavy (non-hydrogen) atoms. The number of halogens is 1. The molecule has 6 heteroatoms. The summed E-state index contributed by atoms with van der Waals surface area (Å²) in [4.78, 5) is 8.48. The van der Waals surface area contributed by atoms with Crippen LogP contribution in [0.4, 0.5) is 17.3 Å². The molecule has 2 aromatic rings. The molecule has 0 unspecified atom stereocenters. The van der Waals surface area contributed by atoms with Crippen molar-refractivity contribution in [2.24, 2.45) is 0 Å². The Balaban J connectivity index is 2.41. The first-order valence-corrected chi connectivity index (χ1v) is 6.52. The molecule has 1 heterocycles. The molecule has 0 aliphatic rings. The minimum absolute atomic E-state index is 0.481. The summed E-state index contributed by atoms with van der Waals surface area (Å²) in [5, 5.41) is 3.24. The zero-order valence-electron chi connectivity index (χ0n) is 11.0. The smallest absolute Gasteiger partial charge is 0.139 e. The van der Waals surface area contributed by atoms with Crippen LogP contribution in [0.3, 0.4) is 0 Å². The van der Waals surface area contributed by atoms with E-state index < -0.39 is 0 Å². The van der Waals surface area contributed by atoms with Crippen molar-refractivity contribution in [1.29, 1.82) is 0 Å². The SMILES string of the molecule is COc1ccc(Br)c(Nc2nc(C)nc(N)c2C)c1. The molecular weight excluding hydrogens is 308 g/mol. The predicted molar refractivity (Wildman–Crippen MR) is 79.9 cm³/mol. The molecule has 3 N–H and O–H groups in total. The van der Waals surface area contributed by atoms with Gasteiger partial charge in [0.25, 0.3) is 0 Å². The fraction of sp³-hybridized carbons (Fsp3) is 0.231. The maximum absolute atomic E-state index is 5.84. The summed E-state index contributed by atoms with van der Waals surface area (Å²) < 4.78 is 6.13. The van der Waals surface area contributed by atoms with Crippen molar-refractivity contribution in [3.8, 4) is 5.75 Å². The molecule has 0 saturated carbocycles. The van der Waals surface area contributed by atoms with Gasteiger partial charge in [0.1, 0.15) is 23.2 Å². The van der Waals surface area contributed by atoms with Crippen LogP contribution in [-0.4, -0.2) is 17.1 Å². The van der Waals surface area contributed by atoms with E-state index in [1.807, 2.05) is 32.0 Å². The Bertz CT molecular complexity index is 616. The molecule has 0 radical (unpaired) electrons. The number of nitrogens with two attached hydrogens (primary N) is 1. The van der Waals surface area contributed by atoms with Crippen LogP contribution in [0.1, 0.15) is 11.4 Å². The summed E-state index contributed by atoms with van der Waals surface area (Å²) >= 11 is 3.49. The van der Waals surface area contributed by atoms with Gasteiger partial charge in [-0.05, 0) is 41.9 Å². The van der Waals surface area contributed by atoms with E-state index in [4.69, 9.17) is 10.5 Å². The maximum atomic E-state index is 5.84. The van der Waals surface area contributed by atoms with Gasteiger partial charge in [-0.25, -0.2) is 9.97 Å². The van der Waals surface area contributed by atoms with Crippen LogP contribution in [0.15, 0.2) is 22.7 Å². The maximum Gasteiger partial charge on any atom is 0.139 e. The topological polar surface area (TPSA) is 73.1 Å². The monoisotopic (exact) mass is 322 g/mol. The second-order valence-electron chi connectivity index (χ2n) is 4.10. The second kappa shape index (κ2) is 5.44. The average Bonchev–Trinajstić information content (AvgIpc) is 2.38. The zero-order valence-corrected chi connectivity index (χ0v) is 12.6. The van der Waals surface area contributed by atoms with E-state index in [2.05, 4.69) is 31.2 Å². The highest BCUT2D eigenvalue weighted by Crippen LogP contribution is 2.30. The van der Waals surface area contributed by atoms with Crippen LogP contribution in [0, 0.1) is 13.8 Å². The lowest BCUT2D eigenvalue weighted by molar-refractivity contribution is 0.415. The lowest BCUT2D eigenvalue weighted by Crippen LogP contribution is -2.05. The van der Waals surface area contributed by atoms with Crippen LogP contribution in [0.2, 0.25) is 0 Å². The molecule has 0 bridgehead atoms. The zero-order chi connectivity index (χ0) is 14.0. The minimum Gasteiger partial charge on any atom is -0.497 e. The van der Waals surface area contributed by atoms with Gasteiger partial charge in [0, 0.05) is 16.1 Å². The van der Waals surface area contributed by atoms with E-state index >= 15 is 0 Å². The highest BCUT2D eigenvalue weighted by Gasteiger charge is 2.09. The first-order valence-electron chi connectivity index (χ1n) is 5.72. The average molecular weight is 323 g/mol. The first kappa shape index (κ1) is 13.6. The Hall–Kier alpha value is -1.82. The van der Waals surface area contributed by atoms with E-state index in [9.17, 15) is 0 Å². The summed E-state index contributed by atoms with van der Waals surface area (Å²) in [7, 11) is 1.63. The number of nitrogens with zero attached hydrogens (tertiary/aromatic N) is 2. The summed E-state index contributed by atoms with van der Waals surface area (Å²) in [6.07, 6.45) is 0. The number of hydrogen-bond donors (Lipinski definition) is 2. The molecule has 100 valence electrons. The van der Waals surface area contributed by atoms with Crippen molar-refractivity contribution >= 4 is 33.3 Å².